The van der Waals surface area contributed by atoms with E-state index in [-0.39, 0.29) is 12.5 Å². The third kappa shape index (κ3) is 3.11. The Morgan fingerprint density at radius 2 is 2.20 bits per heavy atom. The number of ether oxygens (including phenoxy) is 1. The SMILES string of the molecule is N#Cc1ccsc1NC(=O)COc1ccc2oc3c(c2c1)CCCC3. The first-order valence-corrected chi connectivity index (χ1v) is 9.07. The van der Waals surface area contributed by atoms with Crippen molar-refractivity contribution < 1.29 is 13.9 Å². The molecule has 25 heavy (non-hydrogen) atoms. The van der Waals surface area contributed by atoms with Crippen molar-refractivity contribution in [1.82, 2.24) is 0 Å². The number of benzene rings is 1. The van der Waals surface area contributed by atoms with Gasteiger partial charge in [-0.15, -0.1) is 11.3 Å². The second kappa shape index (κ2) is 6.61. The highest BCUT2D eigenvalue weighted by Gasteiger charge is 2.18. The first kappa shape index (κ1) is 15.7. The Kier molecular flexibility index (Phi) is 4.16. The summed E-state index contributed by atoms with van der Waals surface area (Å²) in [5.41, 5.74) is 2.61. The normalized spacial score (nSPS) is 13.2. The van der Waals surface area contributed by atoms with Gasteiger partial charge in [-0.2, -0.15) is 5.26 Å². The van der Waals surface area contributed by atoms with Gasteiger partial charge in [-0.25, -0.2) is 0 Å². The molecule has 5 nitrogen and oxygen atoms in total. The van der Waals surface area contributed by atoms with Crippen molar-refractivity contribution in [2.75, 3.05) is 11.9 Å². The average molecular weight is 352 g/mol. The van der Waals surface area contributed by atoms with Crippen LogP contribution in [0.2, 0.25) is 0 Å². The lowest BCUT2D eigenvalue weighted by atomic mass is 9.96. The van der Waals surface area contributed by atoms with Gasteiger partial charge in [0.2, 0.25) is 0 Å². The molecular weight excluding hydrogens is 336 g/mol. The predicted molar refractivity (Wildman–Crippen MR) is 96.0 cm³/mol. The highest BCUT2D eigenvalue weighted by molar-refractivity contribution is 7.14. The Morgan fingerprint density at radius 1 is 1.32 bits per heavy atom. The zero-order valence-electron chi connectivity index (χ0n) is 13.5. The third-order valence-corrected chi connectivity index (χ3v) is 5.16. The van der Waals surface area contributed by atoms with Crippen LogP contribution in [0.4, 0.5) is 5.00 Å². The summed E-state index contributed by atoms with van der Waals surface area (Å²) in [6.07, 6.45) is 4.37. The predicted octanol–water partition coefficient (Wildman–Crippen LogP) is 4.26. The number of nitriles is 1. The second-order valence-electron chi connectivity index (χ2n) is 5.98. The van der Waals surface area contributed by atoms with Crippen LogP contribution in [0.5, 0.6) is 5.75 Å². The number of anilines is 1. The van der Waals surface area contributed by atoms with Crippen molar-refractivity contribution >= 4 is 33.2 Å². The molecule has 0 atom stereocenters. The zero-order valence-corrected chi connectivity index (χ0v) is 14.3. The van der Waals surface area contributed by atoms with Crippen molar-refractivity contribution in [1.29, 1.82) is 5.26 Å². The fraction of sp³-hybridized carbons (Fsp3) is 0.263. The van der Waals surface area contributed by atoms with Gasteiger partial charge < -0.3 is 14.5 Å². The number of hydrogen-bond donors (Lipinski definition) is 1. The fourth-order valence-corrected chi connectivity index (χ4v) is 3.89. The standard InChI is InChI=1S/C19H16N2O3S/c20-10-12-7-8-25-19(12)21-18(22)11-23-13-5-6-17-15(9-13)14-3-1-2-4-16(14)24-17/h5-9H,1-4,11H2,(H,21,22). The molecule has 1 aromatic carbocycles. The van der Waals surface area contributed by atoms with Crippen LogP contribution in [0.3, 0.4) is 0 Å². The van der Waals surface area contributed by atoms with Crippen LogP contribution in [0.15, 0.2) is 34.1 Å². The van der Waals surface area contributed by atoms with Gasteiger partial charge in [-0.05, 0) is 48.9 Å². The quantitative estimate of drug-likeness (QED) is 0.761. The first-order chi connectivity index (χ1) is 12.2. The molecule has 0 saturated carbocycles. The summed E-state index contributed by atoms with van der Waals surface area (Å²) in [7, 11) is 0. The van der Waals surface area contributed by atoms with Crippen molar-refractivity contribution in [3.8, 4) is 11.8 Å². The van der Waals surface area contributed by atoms with Crippen LogP contribution >= 0.6 is 11.3 Å². The van der Waals surface area contributed by atoms with E-state index < -0.39 is 0 Å². The number of carbonyl (C=O) groups excluding carboxylic acids is 1. The van der Waals surface area contributed by atoms with Crippen molar-refractivity contribution in [3.63, 3.8) is 0 Å². The number of carbonyl (C=O) groups is 1. The van der Waals surface area contributed by atoms with Crippen LogP contribution in [0.25, 0.3) is 11.0 Å². The van der Waals surface area contributed by atoms with E-state index in [0.29, 0.717) is 16.3 Å². The molecule has 0 aliphatic heterocycles. The molecule has 3 aromatic rings. The monoisotopic (exact) mass is 352 g/mol. The summed E-state index contributed by atoms with van der Waals surface area (Å²) in [4.78, 5) is 12.0. The van der Waals surface area contributed by atoms with Gasteiger partial charge in [0.25, 0.3) is 5.91 Å². The average Bonchev–Trinajstić information content (AvgIpc) is 3.23. The molecule has 6 heteroatoms. The van der Waals surface area contributed by atoms with E-state index in [2.05, 4.69) is 5.32 Å². The van der Waals surface area contributed by atoms with E-state index in [1.807, 2.05) is 24.3 Å². The molecule has 0 spiro atoms. The minimum absolute atomic E-state index is 0.103. The van der Waals surface area contributed by atoms with Gasteiger partial charge in [0.15, 0.2) is 6.61 Å². The van der Waals surface area contributed by atoms with Gasteiger partial charge in [0.1, 0.15) is 28.2 Å². The number of fused-ring (bicyclic) bond motifs is 3. The van der Waals surface area contributed by atoms with Crippen molar-refractivity contribution in [2.45, 2.75) is 25.7 Å². The molecule has 0 radical (unpaired) electrons. The first-order valence-electron chi connectivity index (χ1n) is 8.19. The Labute approximate surface area is 148 Å². The van der Waals surface area contributed by atoms with Crippen LogP contribution in [-0.4, -0.2) is 12.5 Å². The lowest BCUT2D eigenvalue weighted by Crippen LogP contribution is -2.20. The number of thiophene rings is 1. The molecule has 126 valence electrons. The molecule has 1 N–H and O–H groups in total. The number of hydrogen-bond acceptors (Lipinski definition) is 5. The number of nitrogens with one attached hydrogen (secondary N) is 1. The minimum atomic E-state index is -0.284. The molecule has 2 aromatic heterocycles. The molecule has 0 fully saturated rings. The number of nitrogens with zero attached hydrogens (tertiary/aromatic N) is 1. The Morgan fingerprint density at radius 3 is 3.08 bits per heavy atom. The van der Waals surface area contributed by atoms with Gasteiger partial charge >= 0.3 is 0 Å². The van der Waals surface area contributed by atoms with Gasteiger partial charge in [0, 0.05) is 17.4 Å². The summed E-state index contributed by atoms with van der Waals surface area (Å²) in [5.74, 6) is 1.44. The summed E-state index contributed by atoms with van der Waals surface area (Å²) >= 11 is 1.32. The third-order valence-electron chi connectivity index (χ3n) is 4.34. The maximum Gasteiger partial charge on any atom is 0.262 e. The van der Waals surface area contributed by atoms with E-state index >= 15 is 0 Å². The minimum Gasteiger partial charge on any atom is -0.484 e. The van der Waals surface area contributed by atoms with Crippen LogP contribution in [0.1, 0.15) is 29.7 Å². The van der Waals surface area contributed by atoms with Crippen molar-refractivity contribution in [2.24, 2.45) is 0 Å². The van der Waals surface area contributed by atoms with Gasteiger partial charge in [-0.3, -0.25) is 4.79 Å². The molecule has 1 amide bonds. The van der Waals surface area contributed by atoms with E-state index in [1.54, 1.807) is 11.4 Å². The van der Waals surface area contributed by atoms with Crippen LogP contribution in [-0.2, 0) is 17.6 Å². The van der Waals surface area contributed by atoms with E-state index in [4.69, 9.17) is 14.4 Å². The number of aryl methyl sites for hydroxylation is 2. The molecule has 4 rings (SSSR count). The van der Waals surface area contributed by atoms with Crippen LogP contribution in [0, 0.1) is 11.3 Å². The van der Waals surface area contributed by atoms with Gasteiger partial charge in [-0.1, -0.05) is 0 Å². The molecule has 2 heterocycles. The molecular formula is C19H16N2O3S. The molecule has 1 aliphatic rings. The highest BCUT2D eigenvalue weighted by atomic mass is 32.1. The van der Waals surface area contributed by atoms with E-state index in [0.717, 1.165) is 29.6 Å². The number of rotatable bonds is 4. The number of amides is 1. The molecule has 0 unspecified atom stereocenters. The molecule has 0 saturated heterocycles. The number of furan rings is 1. The summed E-state index contributed by atoms with van der Waals surface area (Å²) in [6, 6.07) is 9.38. The zero-order chi connectivity index (χ0) is 17.2. The lowest BCUT2D eigenvalue weighted by Gasteiger charge is -2.09. The van der Waals surface area contributed by atoms with Crippen molar-refractivity contribution in [3.05, 3.63) is 46.5 Å². The van der Waals surface area contributed by atoms with Crippen LogP contribution < -0.4 is 10.1 Å². The Bertz CT molecular complexity index is 980. The fourth-order valence-electron chi connectivity index (χ4n) is 3.14. The van der Waals surface area contributed by atoms with E-state index in [9.17, 15) is 4.79 Å². The van der Waals surface area contributed by atoms with E-state index in [1.165, 1.54) is 29.7 Å². The summed E-state index contributed by atoms with van der Waals surface area (Å²) in [6.45, 7) is -0.103. The van der Waals surface area contributed by atoms with Gasteiger partial charge in [0.05, 0.1) is 5.56 Å². The maximum atomic E-state index is 12.0. The lowest BCUT2D eigenvalue weighted by molar-refractivity contribution is -0.118. The summed E-state index contributed by atoms with van der Waals surface area (Å²) < 4.78 is 11.5. The highest BCUT2D eigenvalue weighted by Crippen LogP contribution is 2.34. The Hall–Kier alpha value is -2.78. The molecule has 0 bridgehead atoms. The summed E-state index contributed by atoms with van der Waals surface area (Å²) in [5, 5.41) is 15.1. The second-order valence-corrected chi connectivity index (χ2v) is 6.90. The maximum absolute atomic E-state index is 12.0. The molecule has 1 aliphatic carbocycles. The topological polar surface area (TPSA) is 75.3 Å². The largest absolute Gasteiger partial charge is 0.484 e. The Balaban J connectivity index is 1.46. The smallest absolute Gasteiger partial charge is 0.262 e.